The Morgan fingerprint density at radius 2 is 2.00 bits per heavy atom. The Hall–Kier alpha value is -3.21. The molecule has 1 N–H and O–H groups in total. The van der Waals surface area contributed by atoms with Gasteiger partial charge in [0.05, 0.1) is 11.3 Å². The first-order chi connectivity index (χ1) is 13.8. The highest BCUT2D eigenvalue weighted by Gasteiger charge is 2.18. The Morgan fingerprint density at radius 3 is 2.75 bits per heavy atom. The molecule has 0 radical (unpaired) electrons. The summed E-state index contributed by atoms with van der Waals surface area (Å²) >= 11 is 0. The maximum atomic E-state index is 12.9. The van der Waals surface area contributed by atoms with Crippen LogP contribution in [0.2, 0.25) is 0 Å². The van der Waals surface area contributed by atoms with E-state index in [4.69, 9.17) is 0 Å². The number of amides is 1. The molecule has 0 fully saturated rings. The van der Waals surface area contributed by atoms with Crippen LogP contribution in [0, 0.1) is 0 Å². The fourth-order valence-corrected chi connectivity index (χ4v) is 3.53. The predicted molar refractivity (Wildman–Crippen MR) is 110 cm³/mol. The third-order valence-corrected chi connectivity index (χ3v) is 5.03. The van der Waals surface area contributed by atoms with Crippen LogP contribution in [-0.4, -0.2) is 27.2 Å². The van der Waals surface area contributed by atoms with E-state index in [1.807, 2.05) is 42.5 Å². The molecule has 0 atom stereocenters. The minimum atomic E-state index is -0.0996. The molecule has 0 bridgehead atoms. The summed E-state index contributed by atoms with van der Waals surface area (Å²) in [5, 5.41) is 7.74. The predicted octanol–water partition coefficient (Wildman–Crippen LogP) is 4.55. The van der Waals surface area contributed by atoms with Gasteiger partial charge in [0.15, 0.2) is 0 Å². The molecule has 2 heterocycles. The van der Waals surface area contributed by atoms with E-state index in [-0.39, 0.29) is 5.91 Å². The lowest BCUT2D eigenvalue weighted by atomic mass is 9.97. The molecule has 0 saturated carbocycles. The highest BCUT2D eigenvalue weighted by molar-refractivity contribution is 5.99. The number of pyridine rings is 1. The van der Waals surface area contributed by atoms with Crippen LogP contribution in [0.1, 0.15) is 42.5 Å². The number of para-hydroxylation sites is 1. The quantitative estimate of drug-likeness (QED) is 0.646. The van der Waals surface area contributed by atoms with E-state index in [2.05, 4.69) is 21.5 Å². The Morgan fingerprint density at radius 1 is 1.11 bits per heavy atom. The van der Waals surface area contributed by atoms with Gasteiger partial charge in [-0.25, -0.2) is 4.68 Å². The molecule has 28 heavy (non-hydrogen) atoms. The van der Waals surface area contributed by atoms with E-state index in [0.717, 1.165) is 30.5 Å². The first kappa shape index (κ1) is 18.2. The van der Waals surface area contributed by atoms with Crippen LogP contribution in [0.4, 0.5) is 0 Å². The van der Waals surface area contributed by atoms with Crippen LogP contribution in [0.15, 0.2) is 72.7 Å². The lowest BCUT2D eigenvalue weighted by Gasteiger charge is -2.12. The molecular weight excluding hydrogens is 348 g/mol. The molecule has 0 unspecified atom stereocenters. The first-order valence-corrected chi connectivity index (χ1v) is 9.83. The van der Waals surface area contributed by atoms with Crippen LogP contribution in [-0.2, 0) is 0 Å². The van der Waals surface area contributed by atoms with Gasteiger partial charge in [-0.2, -0.15) is 5.10 Å². The standard InChI is InChI=1S/C23H24N4O/c28-23(25-15-13-18-8-3-1-4-9-18)21-17-27(20-11-5-2-6-12-20)26-22(21)19-10-7-14-24-16-19/h2,5-8,10-12,14,16-17H,1,3-4,9,13,15H2,(H,25,28). The van der Waals surface area contributed by atoms with Gasteiger partial charge >= 0.3 is 0 Å². The van der Waals surface area contributed by atoms with Gasteiger partial charge < -0.3 is 5.32 Å². The summed E-state index contributed by atoms with van der Waals surface area (Å²) in [5.41, 5.74) is 4.41. The maximum Gasteiger partial charge on any atom is 0.255 e. The Kier molecular flexibility index (Phi) is 5.61. The van der Waals surface area contributed by atoms with E-state index >= 15 is 0 Å². The normalized spacial score (nSPS) is 13.8. The summed E-state index contributed by atoms with van der Waals surface area (Å²) in [6.45, 7) is 0.646. The monoisotopic (exact) mass is 372 g/mol. The van der Waals surface area contributed by atoms with Crippen molar-refractivity contribution in [2.45, 2.75) is 32.1 Å². The second-order valence-corrected chi connectivity index (χ2v) is 7.03. The SMILES string of the molecule is O=C(NCCC1=CCCCC1)c1cn(-c2ccccc2)nc1-c1cccnc1. The van der Waals surface area contributed by atoms with Crippen molar-refractivity contribution in [2.75, 3.05) is 6.54 Å². The molecular formula is C23H24N4O. The third kappa shape index (κ3) is 4.19. The van der Waals surface area contributed by atoms with Crippen molar-refractivity contribution in [3.63, 3.8) is 0 Å². The molecule has 142 valence electrons. The lowest BCUT2D eigenvalue weighted by Crippen LogP contribution is -2.25. The number of nitrogens with zero attached hydrogens (tertiary/aromatic N) is 3. The van der Waals surface area contributed by atoms with E-state index in [9.17, 15) is 4.79 Å². The van der Waals surface area contributed by atoms with Crippen molar-refractivity contribution in [1.82, 2.24) is 20.1 Å². The van der Waals surface area contributed by atoms with Crippen LogP contribution in [0.25, 0.3) is 16.9 Å². The van der Waals surface area contributed by atoms with Gasteiger partial charge in [-0.3, -0.25) is 9.78 Å². The zero-order chi connectivity index (χ0) is 19.2. The van der Waals surface area contributed by atoms with Crippen LogP contribution >= 0.6 is 0 Å². The second kappa shape index (κ2) is 8.65. The van der Waals surface area contributed by atoms with Crippen molar-refractivity contribution in [2.24, 2.45) is 0 Å². The molecule has 4 rings (SSSR count). The van der Waals surface area contributed by atoms with Crippen molar-refractivity contribution >= 4 is 5.91 Å². The number of nitrogens with one attached hydrogen (secondary N) is 1. The van der Waals surface area contributed by atoms with Gasteiger partial charge in [-0.05, 0) is 56.4 Å². The molecule has 5 nitrogen and oxygen atoms in total. The number of hydrogen-bond acceptors (Lipinski definition) is 3. The molecule has 0 saturated heterocycles. The Labute approximate surface area is 165 Å². The maximum absolute atomic E-state index is 12.9. The number of carbonyl (C=O) groups excluding carboxylic acids is 1. The molecule has 1 aliphatic carbocycles. The van der Waals surface area contributed by atoms with E-state index in [1.54, 1.807) is 23.3 Å². The lowest BCUT2D eigenvalue weighted by molar-refractivity contribution is 0.0954. The molecule has 1 amide bonds. The van der Waals surface area contributed by atoms with E-state index in [1.165, 1.54) is 18.4 Å². The third-order valence-electron chi connectivity index (χ3n) is 5.03. The smallest absolute Gasteiger partial charge is 0.255 e. The van der Waals surface area contributed by atoms with Gasteiger partial charge in [0, 0.05) is 30.7 Å². The number of hydrogen-bond donors (Lipinski definition) is 1. The van der Waals surface area contributed by atoms with Crippen molar-refractivity contribution in [3.05, 3.63) is 78.3 Å². The number of aromatic nitrogens is 3. The van der Waals surface area contributed by atoms with Gasteiger partial charge in [0.1, 0.15) is 5.69 Å². The average molecular weight is 372 g/mol. The summed E-state index contributed by atoms with van der Waals surface area (Å²) in [4.78, 5) is 17.1. The van der Waals surface area contributed by atoms with Crippen LogP contribution in [0.3, 0.4) is 0 Å². The summed E-state index contributed by atoms with van der Waals surface area (Å²) < 4.78 is 1.75. The van der Waals surface area contributed by atoms with E-state index in [0.29, 0.717) is 17.8 Å². The van der Waals surface area contributed by atoms with Gasteiger partial charge in [-0.15, -0.1) is 0 Å². The summed E-state index contributed by atoms with van der Waals surface area (Å²) in [6.07, 6.45) is 13.4. The zero-order valence-electron chi connectivity index (χ0n) is 15.8. The Bertz CT molecular complexity index is 961. The van der Waals surface area contributed by atoms with Crippen LogP contribution < -0.4 is 5.32 Å². The number of benzene rings is 1. The zero-order valence-corrected chi connectivity index (χ0v) is 15.8. The Balaban J connectivity index is 1.56. The van der Waals surface area contributed by atoms with Crippen LogP contribution in [0.5, 0.6) is 0 Å². The summed E-state index contributed by atoms with van der Waals surface area (Å²) in [7, 11) is 0. The molecule has 0 spiro atoms. The number of rotatable bonds is 6. The molecule has 0 aliphatic heterocycles. The first-order valence-electron chi connectivity index (χ1n) is 9.83. The number of allylic oxidation sites excluding steroid dienone is 1. The minimum Gasteiger partial charge on any atom is -0.352 e. The molecule has 1 aromatic carbocycles. The summed E-state index contributed by atoms with van der Waals surface area (Å²) in [6, 6.07) is 13.6. The van der Waals surface area contributed by atoms with E-state index < -0.39 is 0 Å². The fraction of sp³-hybridized carbons (Fsp3) is 0.261. The molecule has 2 aromatic heterocycles. The second-order valence-electron chi connectivity index (χ2n) is 7.03. The topological polar surface area (TPSA) is 59.8 Å². The van der Waals surface area contributed by atoms with Gasteiger partial charge in [0.2, 0.25) is 0 Å². The van der Waals surface area contributed by atoms with Crippen molar-refractivity contribution in [1.29, 1.82) is 0 Å². The average Bonchev–Trinajstić information content (AvgIpc) is 3.21. The minimum absolute atomic E-state index is 0.0996. The molecule has 3 aromatic rings. The highest BCUT2D eigenvalue weighted by Crippen LogP contribution is 2.23. The van der Waals surface area contributed by atoms with Gasteiger partial charge in [-0.1, -0.05) is 29.8 Å². The largest absolute Gasteiger partial charge is 0.352 e. The van der Waals surface area contributed by atoms with Gasteiger partial charge in [0.25, 0.3) is 5.91 Å². The fourth-order valence-electron chi connectivity index (χ4n) is 3.53. The molecule has 1 aliphatic rings. The van der Waals surface area contributed by atoms with Crippen molar-refractivity contribution in [3.8, 4) is 16.9 Å². The summed E-state index contributed by atoms with van der Waals surface area (Å²) in [5.74, 6) is -0.0996. The highest BCUT2D eigenvalue weighted by atomic mass is 16.1. The van der Waals surface area contributed by atoms with Crippen molar-refractivity contribution < 1.29 is 4.79 Å². The molecule has 5 heteroatoms. The number of carbonyl (C=O) groups is 1.